The largest absolute Gasteiger partial charge is 0.311 e. The van der Waals surface area contributed by atoms with Crippen molar-refractivity contribution in [3.63, 3.8) is 0 Å². The summed E-state index contributed by atoms with van der Waals surface area (Å²) in [4.78, 5) is 5.21. The van der Waals surface area contributed by atoms with Gasteiger partial charge in [-0.25, -0.2) is 0 Å². The molecule has 4 heterocycles. The zero-order valence-corrected chi connectivity index (χ0v) is 63.4. The minimum Gasteiger partial charge on any atom is -0.311 e. The van der Waals surface area contributed by atoms with E-state index in [2.05, 4.69) is 380 Å². The molecular weight excluding hydrogens is 1250 g/mol. The van der Waals surface area contributed by atoms with Crippen LogP contribution in [-0.2, 0) is 32.5 Å². The summed E-state index contributed by atoms with van der Waals surface area (Å²) < 4.78 is 5.05. The van der Waals surface area contributed by atoms with Gasteiger partial charge in [-0.3, -0.25) is 0 Å². The zero-order chi connectivity index (χ0) is 72.4. The fourth-order valence-corrected chi connectivity index (χ4v) is 16.3. The molecule has 14 aromatic rings. The van der Waals surface area contributed by atoms with Crippen LogP contribution in [0.25, 0.3) is 88.4 Å². The highest BCUT2D eigenvalue weighted by Gasteiger charge is 2.45. The Morgan fingerprint density at radius 2 is 0.612 bits per heavy atom. The molecular formula is C97H94BN5. The molecule has 0 spiro atoms. The lowest BCUT2D eigenvalue weighted by atomic mass is 9.33. The van der Waals surface area contributed by atoms with Crippen molar-refractivity contribution < 1.29 is 0 Å². The normalized spacial score (nSPS) is 13.5. The first-order valence-electron chi connectivity index (χ1n) is 37.0. The van der Waals surface area contributed by atoms with Crippen molar-refractivity contribution in [1.82, 2.24) is 9.13 Å². The van der Waals surface area contributed by atoms with E-state index in [1.54, 1.807) is 0 Å². The highest BCUT2D eigenvalue weighted by atomic mass is 15.2. The van der Waals surface area contributed by atoms with Gasteiger partial charge in [0.1, 0.15) is 0 Å². The number of benzene rings is 12. The monoisotopic (exact) mass is 1340 g/mol. The molecule has 12 aromatic carbocycles. The topological polar surface area (TPSA) is 40.1 Å². The zero-order valence-electron chi connectivity index (χ0n) is 63.4. The van der Waals surface area contributed by atoms with Gasteiger partial charge in [0.05, 0.1) is 45.1 Å². The fourth-order valence-electron chi connectivity index (χ4n) is 16.3. The predicted octanol–water partition coefficient (Wildman–Crippen LogP) is 24.6. The Kier molecular flexibility index (Phi) is 15.4. The van der Waals surface area contributed by atoms with Crippen LogP contribution >= 0.6 is 0 Å². The summed E-state index contributed by atoms with van der Waals surface area (Å²) in [5, 5.41) is 15.8. The highest BCUT2D eigenvalue weighted by Crippen LogP contribution is 2.52. The second-order valence-electron chi connectivity index (χ2n) is 35.5. The van der Waals surface area contributed by atoms with Gasteiger partial charge in [-0.05, 0) is 214 Å². The molecule has 0 radical (unpaired) electrons. The number of hydrogen-bond acceptors (Lipinski definition) is 3. The van der Waals surface area contributed by atoms with Crippen LogP contribution in [0.4, 0.5) is 34.1 Å². The van der Waals surface area contributed by atoms with E-state index in [9.17, 15) is 5.26 Å². The molecule has 0 bridgehead atoms. The van der Waals surface area contributed by atoms with E-state index in [0.29, 0.717) is 5.56 Å². The van der Waals surface area contributed by atoms with Crippen molar-refractivity contribution in [3.8, 4) is 50.8 Å². The SMILES string of the molecule is CC(C)(C)c1ccc(-c2ccccc2N2c3cc(-n4c5ccc(C(C)(C)C)cc5c5cc(C(C)(C)C)ccc54)ccc3B3c4ccc(-n5c6ccc(C(C)(C)C)cc6c6cc(C(C)(C)C)ccc65)cc4N(c4ccccc4-c4ccc(C(C)(C)C)cc4)c4cc(-c5cccc(C#N)c5)cc2c43)cc1. The molecule has 0 amide bonds. The molecule has 0 fully saturated rings. The van der Waals surface area contributed by atoms with Crippen molar-refractivity contribution in [2.75, 3.05) is 9.80 Å². The first-order valence-corrected chi connectivity index (χ1v) is 37.0. The van der Waals surface area contributed by atoms with Crippen LogP contribution in [0.3, 0.4) is 0 Å². The summed E-state index contributed by atoms with van der Waals surface area (Å²) in [5.41, 5.74) is 31.6. The van der Waals surface area contributed by atoms with Crippen LogP contribution in [0, 0.1) is 11.3 Å². The molecule has 2 aliphatic heterocycles. The maximum Gasteiger partial charge on any atom is 0.252 e. The number of aromatic nitrogens is 2. The minimum atomic E-state index is -0.245. The lowest BCUT2D eigenvalue weighted by Crippen LogP contribution is -2.61. The van der Waals surface area contributed by atoms with Crippen LogP contribution in [0.2, 0.25) is 0 Å². The molecule has 0 aliphatic carbocycles. The van der Waals surface area contributed by atoms with Gasteiger partial charge >= 0.3 is 0 Å². The standard InChI is InChI=1S/C97H94BN5/c1-92(2,3)65-34-30-61(31-35-65)73-26-19-21-28-81(73)102-87-57-71(100-83-46-38-67(94(7,8)9)53-75(83)76-54-68(95(10,11)12)39-47-84(76)100)42-44-79(87)98-80-45-43-72(101-85-48-40-69(96(13,14)15)55-77(85)78-56-70(97(16,17)18)41-49-86(78)101)58-88(80)103(82-29-22-20-27-74(82)62-32-36-66(37-33-62)93(4,5)6)90-52-64(51-89(102)91(90)98)63-25-23-24-60(50-63)59-99/h19-58H,1-18H3. The quantitative estimate of drug-likeness (QED) is 0.149. The van der Waals surface area contributed by atoms with Crippen LogP contribution in [-0.4, -0.2) is 15.8 Å². The molecule has 16 rings (SSSR count). The lowest BCUT2D eigenvalue weighted by molar-refractivity contribution is 0.590. The first-order chi connectivity index (χ1) is 48.8. The van der Waals surface area contributed by atoms with Gasteiger partial charge in [-0.15, -0.1) is 0 Å². The van der Waals surface area contributed by atoms with Crippen molar-refractivity contribution in [1.29, 1.82) is 5.26 Å². The number of para-hydroxylation sites is 2. The van der Waals surface area contributed by atoms with Crippen LogP contribution in [0.15, 0.2) is 243 Å². The number of hydrogen-bond donors (Lipinski definition) is 0. The van der Waals surface area contributed by atoms with E-state index < -0.39 is 0 Å². The van der Waals surface area contributed by atoms with Gasteiger partial charge in [0.15, 0.2) is 0 Å². The number of nitriles is 1. The Morgan fingerprint density at radius 1 is 0.272 bits per heavy atom. The van der Waals surface area contributed by atoms with Gasteiger partial charge in [0.2, 0.25) is 0 Å². The van der Waals surface area contributed by atoms with E-state index in [4.69, 9.17) is 0 Å². The van der Waals surface area contributed by atoms with E-state index in [-0.39, 0.29) is 39.2 Å². The molecule has 0 atom stereocenters. The Labute approximate surface area is 610 Å². The molecule has 2 aromatic heterocycles. The van der Waals surface area contributed by atoms with E-state index in [1.165, 1.54) is 93.4 Å². The third kappa shape index (κ3) is 11.4. The number of nitrogens with zero attached hydrogens (tertiary/aromatic N) is 5. The van der Waals surface area contributed by atoms with E-state index >= 15 is 0 Å². The Balaban J connectivity index is 1.04. The van der Waals surface area contributed by atoms with Crippen LogP contribution in [0.5, 0.6) is 0 Å². The maximum atomic E-state index is 10.7. The molecule has 103 heavy (non-hydrogen) atoms. The first kappa shape index (κ1) is 66.9. The van der Waals surface area contributed by atoms with Crippen molar-refractivity contribution in [2.45, 2.75) is 157 Å². The van der Waals surface area contributed by atoms with Gasteiger partial charge < -0.3 is 18.9 Å². The molecule has 5 nitrogen and oxygen atoms in total. The number of anilines is 6. The second-order valence-corrected chi connectivity index (χ2v) is 35.5. The Bertz CT molecular complexity index is 5350. The Morgan fingerprint density at radius 3 is 0.951 bits per heavy atom. The van der Waals surface area contributed by atoms with E-state index in [0.717, 1.165) is 78.9 Å². The third-order valence-electron chi connectivity index (χ3n) is 22.3. The van der Waals surface area contributed by atoms with Crippen LogP contribution < -0.4 is 26.2 Å². The fraction of sp³-hybridized carbons (Fsp3) is 0.247. The second kappa shape index (κ2) is 23.7. The third-order valence-corrected chi connectivity index (χ3v) is 22.3. The lowest BCUT2D eigenvalue weighted by Gasteiger charge is -2.45. The van der Waals surface area contributed by atoms with Gasteiger partial charge in [0.25, 0.3) is 6.71 Å². The number of fused-ring (bicyclic) bond motifs is 10. The molecule has 0 saturated heterocycles. The summed E-state index contributed by atoms with van der Waals surface area (Å²) >= 11 is 0. The summed E-state index contributed by atoms with van der Waals surface area (Å²) in [6, 6.07) is 95.7. The summed E-state index contributed by atoms with van der Waals surface area (Å²) in [6.07, 6.45) is 0. The van der Waals surface area contributed by atoms with Gasteiger partial charge in [0, 0.05) is 66.8 Å². The summed E-state index contributed by atoms with van der Waals surface area (Å²) in [5.74, 6) is 0. The predicted molar refractivity (Wildman–Crippen MR) is 442 cm³/mol. The van der Waals surface area contributed by atoms with Gasteiger partial charge in [-0.2, -0.15) is 5.26 Å². The molecule has 510 valence electrons. The molecule has 2 aliphatic rings. The van der Waals surface area contributed by atoms with Crippen molar-refractivity contribution in [3.05, 3.63) is 282 Å². The average molecular weight is 1340 g/mol. The smallest absolute Gasteiger partial charge is 0.252 e. The van der Waals surface area contributed by atoms with Crippen LogP contribution in [0.1, 0.15) is 164 Å². The molecule has 0 unspecified atom stereocenters. The van der Waals surface area contributed by atoms with Gasteiger partial charge in [-0.1, -0.05) is 258 Å². The van der Waals surface area contributed by atoms with E-state index in [1.807, 2.05) is 12.1 Å². The highest BCUT2D eigenvalue weighted by molar-refractivity contribution is 7.00. The summed E-state index contributed by atoms with van der Waals surface area (Å²) in [7, 11) is 0. The molecule has 0 N–H and O–H groups in total. The molecule has 0 saturated carbocycles. The van der Waals surface area contributed by atoms with Crippen molar-refractivity contribution >= 4 is 101 Å². The average Bonchev–Trinajstić information content (AvgIpc) is 0.775. The minimum absolute atomic E-state index is 0.0275. The van der Waals surface area contributed by atoms with Crippen molar-refractivity contribution in [2.24, 2.45) is 0 Å². The maximum absolute atomic E-state index is 10.7. The summed E-state index contributed by atoms with van der Waals surface area (Å²) in [6.45, 7) is 41.3. The Hall–Kier alpha value is -10.6. The molecule has 6 heteroatoms. The number of rotatable bonds is 7.